The number of nitrogen functional groups attached to an aromatic ring is 1. The number of hydrogen-bond donors (Lipinski definition) is 2. The number of carbonyl (C=O) groups excluding carboxylic acids is 1. The summed E-state index contributed by atoms with van der Waals surface area (Å²) in [7, 11) is 1.58. The number of carbonyl (C=O) groups is 1. The predicted octanol–water partition coefficient (Wildman–Crippen LogP) is 3.24. The summed E-state index contributed by atoms with van der Waals surface area (Å²) < 4.78 is 11.8. The highest BCUT2D eigenvalue weighted by Crippen LogP contribution is 2.38. The molecule has 0 aliphatic carbocycles. The number of nitrogens with one attached hydrogen (secondary N) is 1. The minimum Gasteiger partial charge on any atom is -0.497 e. The van der Waals surface area contributed by atoms with Crippen LogP contribution in [0.5, 0.6) is 5.75 Å². The number of morpholine rings is 1. The van der Waals surface area contributed by atoms with Gasteiger partial charge in [-0.3, -0.25) is 4.79 Å². The first kappa shape index (κ1) is 23.9. The molecular weight excluding hydrogens is 478 g/mol. The number of rotatable bonds is 6. The molecule has 186 valence electrons. The van der Waals surface area contributed by atoms with E-state index in [1.807, 2.05) is 26.0 Å². The van der Waals surface area contributed by atoms with Crippen LogP contribution in [0.4, 0.5) is 11.8 Å². The van der Waals surface area contributed by atoms with Crippen LogP contribution in [-0.2, 0) is 10.3 Å². The molecule has 4 heterocycles. The predicted molar refractivity (Wildman–Crippen MR) is 139 cm³/mol. The van der Waals surface area contributed by atoms with Crippen LogP contribution < -0.4 is 20.7 Å². The van der Waals surface area contributed by atoms with Gasteiger partial charge in [0.15, 0.2) is 11.6 Å². The van der Waals surface area contributed by atoms with Gasteiger partial charge in [-0.15, -0.1) is 11.3 Å². The Morgan fingerprint density at radius 1 is 1.17 bits per heavy atom. The number of ether oxygens (including phenoxy) is 2. The van der Waals surface area contributed by atoms with Crippen LogP contribution >= 0.6 is 11.3 Å². The van der Waals surface area contributed by atoms with E-state index in [1.54, 1.807) is 49.0 Å². The highest BCUT2D eigenvalue weighted by Gasteiger charge is 2.28. The lowest BCUT2D eigenvalue weighted by Gasteiger charge is -2.28. The molecule has 1 aromatic carbocycles. The fraction of sp³-hybridized carbons (Fsp3) is 0.320. The normalized spacial score (nSPS) is 14.1. The number of fused-ring (bicyclic) bond motifs is 1. The lowest BCUT2D eigenvalue weighted by molar-refractivity contribution is 0.0913. The number of aromatic nitrogens is 4. The Labute approximate surface area is 212 Å². The van der Waals surface area contributed by atoms with Crippen molar-refractivity contribution in [3.63, 3.8) is 0 Å². The summed E-state index contributed by atoms with van der Waals surface area (Å²) in [6, 6.07) is 9.11. The van der Waals surface area contributed by atoms with Gasteiger partial charge in [0.25, 0.3) is 5.91 Å². The van der Waals surface area contributed by atoms with Crippen molar-refractivity contribution in [2.24, 2.45) is 0 Å². The Hall–Kier alpha value is -3.83. The molecule has 1 amide bonds. The van der Waals surface area contributed by atoms with E-state index in [-0.39, 0.29) is 11.9 Å². The maximum Gasteiger partial charge on any atom is 0.252 e. The van der Waals surface area contributed by atoms with Crippen LogP contribution in [0.25, 0.3) is 21.6 Å². The van der Waals surface area contributed by atoms with Gasteiger partial charge in [-0.25, -0.2) is 19.9 Å². The molecule has 1 fully saturated rings. The number of amides is 1. The Morgan fingerprint density at radius 3 is 2.64 bits per heavy atom. The molecule has 1 saturated heterocycles. The van der Waals surface area contributed by atoms with Crippen LogP contribution in [0.1, 0.15) is 29.1 Å². The number of nitrogens with two attached hydrogens (primary N) is 1. The lowest BCUT2D eigenvalue weighted by atomic mass is 10.0. The van der Waals surface area contributed by atoms with Crippen molar-refractivity contribution in [3.8, 4) is 17.1 Å². The number of hydrogen-bond acceptors (Lipinski definition) is 10. The number of thiophene rings is 1. The van der Waals surface area contributed by atoms with E-state index in [4.69, 9.17) is 25.2 Å². The zero-order valence-electron chi connectivity index (χ0n) is 20.3. The van der Waals surface area contributed by atoms with Crippen molar-refractivity contribution in [2.45, 2.75) is 19.4 Å². The van der Waals surface area contributed by atoms with Gasteiger partial charge in [0.1, 0.15) is 5.75 Å². The zero-order valence-corrected chi connectivity index (χ0v) is 21.1. The average molecular weight is 506 g/mol. The highest BCUT2D eigenvalue weighted by atomic mass is 32.1. The van der Waals surface area contributed by atoms with Crippen LogP contribution in [0, 0.1) is 0 Å². The van der Waals surface area contributed by atoms with Crippen molar-refractivity contribution < 1.29 is 14.3 Å². The largest absolute Gasteiger partial charge is 0.497 e. The quantitative estimate of drug-likeness (QED) is 0.406. The van der Waals surface area contributed by atoms with Crippen LogP contribution in [0.15, 0.2) is 42.7 Å². The van der Waals surface area contributed by atoms with Gasteiger partial charge < -0.3 is 25.4 Å². The zero-order chi connectivity index (χ0) is 25.3. The Balaban J connectivity index is 1.53. The summed E-state index contributed by atoms with van der Waals surface area (Å²) >= 11 is 1.58. The minimum absolute atomic E-state index is 0.185. The molecule has 36 heavy (non-hydrogen) atoms. The lowest BCUT2D eigenvalue weighted by Crippen LogP contribution is -2.40. The summed E-state index contributed by atoms with van der Waals surface area (Å²) in [5.41, 5.74) is 7.02. The molecule has 4 aromatic rings. The molecular formula is C25H27N7O3S. The molecule has 3 N–H and O–H groups in total. The Morgan fingerprint density at radius 2 is 1.92 bits per heavy atom. The fourth-order valence-electron chi connectivity index (χ4n) is 3.98. The molecule has 0 bridgehead atoms. The van der Waals surface area contributed by atoms with Gasteiger partial charge in [-0.1, -0.05) is 6.07 Å². The van der Waals surface area contributed by atoms with Gasteiger partial charge in [0, 0.05) is 35.9 Å². The molecule has 0 saturated carbocycles. The van der Waals surface area contributed by atoms with Gasteiger partial charge >= 0.3 is 0 Å². The van der Waals surface area contributed by atoms with Crippen molar-refractivity contribution in [2.75, 3.05) is 44.0 Å². The van der Waals surface area contributed by atoms with Crippen molar-refractivity contribution >= 4 is 39.2 Å². The minimum atomic E-state index is -0.654. The summed E-state index contributed by atoms with van der Waals surface area (Å²) in [5.74, 6) is 2.00. The second kappa shape index (κ2) is 9.67. The van der Waals surface area contributed by atoms with E-state index < -0.39 is 5.54 Å². The third-order valence-electron chi connectivity index (χ3n) is 5.97. The van der Waals surface area contributed by atoms with E-state index >= 15 is 0 Å². The van der Waals surface area contributed by atoms with E-state index in [0.717, 1.165) is 34.0 Å². The van der Waals surface area contributed by atoms with Crippen molar-refractivity contribution in [1.29, 1.82) is 0 Å². The van der Waals surface area contributed by atoms with Gasteiger partial charge in [0.05, 0.1) is 41.6 Å². The molecule has 10 nitrogen and oxygen atoms in total. The molecule has 1 aliphatic rings. The van der Waals surface area contributed by atoms with Crippen LogP contribution in [0.3, 0.4) is 0 Å². The topological polar surface area (TPSA) is 128 Å². The first-order valence-electron chi connectivity index (χ1n) is 11.5. The maximum atomic E-state index is 13.1. The Bertz CT molecular complexity index is 1400. The first-order valence-corrected chi connectivity index (χ1v) is 12.3. The van der Waals surface area contributed by atoms with E-state index in [0.29, 0.717) is 35.9 Å². The molecule has 5 rings (SSSR count). The van der Waals surface area contributed by atoms with Crippen molar-refractivity contribution in [1.82, 2.24) is 25.3 Å². The second-order valence-corrected chi connectivity index (χ2v) is 9.99. The number of methoxy groups -OCH3 is 1. The van der Waals surface area contributed by atoms with Gasteiger partial charge in [-0.05, 0) is 38.1 Å². The fourth-order valence-corrected chi connectivity index (χ4v) is 5.15. The van der Waals surface area contributed by atoms with Crippen LogP contribution in [-0.4, -0.2) is 59.3 Å². The molecule has 0 radical (unpaired) electrons. The highest BCUT2D eigenvalue weighted by molar-refractivity contribution is 7.19. The summed E-state index contributed by atoms with van der Waals surface area (Å²) in [4.78, 5) is 34.1. The first-order chi connectivity index (χ1) is 17.3. The van der Waals surface area contributed by atoms with Crippen molar-refractivity contribution in [3.05, 3.63) is 53.2 Å². The summed E-state index contributed by atoms with van der Waals surface area (Å²) in [6.07, 6.45) is 3.25. The third-order valence-corrected chi connectivity index (χ3v) is 7.41. The third kappa shape index (κ3) is 4.79. The molecule has 0 atom stereocenters. The van der Waals surface area contributed by atoms with Gasteiger partial charge in [0.2, 0.25) is 5.95 Å². The van der Waals surface area contributed by atoms with Crippen LogP contribution in [0.2, 0.25) is 0 Å². The van der Waals surface area contributed by atoms with E-state index in [1.165, 1.54) is 0 Å². The monoisotopic (exact) mass is 505 g/mol. The standard InChI is InChI=1S/C25H27N7O3S/c1-25(2,31-23(33)15-5-4-6-17(11-15)34-3)19-12-18-20(36-19)22(32-7-9-35-10-8-32)30-21(29-18)16-13-27-24(26)28-14-16/h4-6,11-14H,7-10H2,1-3H3,(H,31,33)(H2,26,27,28). The smallest absolute Gasteiger partial charge is 0.252 e. The second-order valence-electron chi connectivity index (χ2n) is 8.94. The molecule has 1 aliphatic heterocycles. The van der Waals surface area contributed by atoms with Gasteiger partial charge in [-0.2, -0.15) is 0 Å². The maximum absolute atomic E-state index is 13.1. The van der Waals surface area contributed by atoms with E-state index in [2.05, 4.69) is 20.2 Å². The Kier molecular flexibility index (Phi) is 6.42. The molecule has 0 spiro atoms. The summed E-state index contributed by atoms with van der Waals surface area (Å²) in [5, 5.41) is 3.15. The number of benzene rings is 1. The van der Waals surface area contributed by atoms with E-state index in [9.17, 15) is 4.79 Å². The number of anilines is 2. The average Bonchev–Trinajstić information content (AvgIpc) is 3.34. The summed E-state index contributed by atoms with van der Waals surface area (Å²) in [6.45, 7) is 6.68. The molecule has 11 heteroatoms. The number of nitrogens with zero attached hydrogens (tertiary/aromatic N) is 5. The SMILES string of the molecule is COc1cccc(C(=O)NC(C)(C)c2cc3nc(-c4cnc(N)nc4)nc(N4CCOCC4)c3s2)c1. The molecule has 0 unspecified atom stereocenters. The molecule has 3 aromatic heterocycles.